The Morgan fingerprint density at radius 3 is 2.19 bits per heavy atom. The molecule has 232 valence electrons. The molecule has 0 aliphatic rings. The van der Waals surface area contributed by atoms with E-state index in [0.717, 1.165) is 5.56 Å². The van der Waals surface area contributed by atoms with E-state index in [-0.39, 0.29) is 30.2 Å². The number of allylic oxidation sites excluding steroid dienone is 2. The molecule has 2 aromatic rings. The number of benzene rings is 1. The van der Waals surface area contributed by atoms with E-state index >= 15 is 0 Å². The van der Waals surface area contributed by atoms with Gasteiger partial charge in [-0.1, -0.05) is 91.8 Å². The third-order valence-corrected chi connectivity index (χ3v) is 7.70. The van der Waals surface area contributed by atoms with E-state index < -0.39 is 28.8 Å². The van der Waals surface area contributed by atoms with Crippen LogP contribution < -0.4 is 10.6 Å². The van der Waals surface area contributed by atoms with Gasteiger partial charge in [0.25, 0.3) is 0 Å². The summed E-state index contributed by atoms with van der Waals surface area (Å²) < 4.78 is 7.14. The monoisotopic (exact) mass is 581 g/mol. The molecule has 0 aliphatic carbocycles. The Kier molecular flexibility index (Phi) is 12.2. The molecule has 2 N–H and O–H groups in total. The lowest BCUT2D eigenvalue weighted by Gasteiger charge is -2.39. The number of carbonyl (C=O) groups excluding carboxylic acids is 3. The van der Waals surface area contributed by atoms with Crippen LogP contribution in [0.15, 0.2) is 54.5 Å². The van der Waals surface area contributed by atoms with Crippen molar-refractivity contribution >= 4 is 17.6 Å². The topological polar surface area (TPSA) is 106 Å². The number of amides is 2. The van der Waals surface area contributed by atoms with Crippen molar-refractivity contribution in [3.05, 3.63) is 65.9 Å². The normalized spacial score (nSPS) is 14.8. The highest BCUT2D eigenvalue weighted by molar-refractivity contribution is 5.96. The maximum absolute atomic E-state index is 14.1. The molecule has 2 rings (SSSR count). The zero-order chi connectivity index (χ0) is 31.8. The molecule has 0 radical (unpaired) electrons. The number of nitrogens with zero attached hydrogens (tertiary/aromatic N) is 3. The number of aromatic nitrogens is 2. The molecule has 9 nitrogen and oxygen atoms in total. The van der Waals surface area contributed by atoms with Crippen molar-refractivity contribution < 1.29 is 19.1 Å². The first kappa shape index (κ1) is 34.9. The first-order valence-corrected chi connectivity index (χ1v) is 14.7. The Bertz CT molecular complexity index is 1230. The fourth-order valence-electron chi connectivity index (χ4n) is 5.10. The average molecular weight is 582 g/mol. The third-order valence-electron chi connectivity index (χ3n) is 7.70. The molecular weight excluding hydrogens is 530 g/mol. The lowest BCUT2D eigenvalue weighted by molar-refractivity contribution is -0.138. The third kappa shape index (κ3) is 8.38. The average Bonchev–Trinajstić information content (AvgIpc) is 3.40. The Balaban J connectivity index is 2.35. The summed E-state index contributed by atoms with van der Waals surface area (Å²) in [7, 11) is 3.46. The highest BCUT2D eigenvalue weighted by atomic mass is 16.5. The smallest absolute Gasteiger partial charge is 0.249 e. The zero-order valence-electron chi connectivity index (χ0n) is 27.3. The summed E-state index contributed by atoms with van der Waals surface area (Å²) in [6.45, 7) is 18.2. The SMILES string of the molecule is CCOCn1ccnc1C(=O)C(C)C=C(C(C)C)N(C)C(=O)[C@@H](NC(=O)[C@@H](NC)C(C)(C)c1ccccc1)C(C)(C)C. The molecule has 1 aromatic carbocycles. The molecule has 1 heterocycles. The van der Waals surface area contributed by atoms with Crippen molar-refractivity contribution in [2.75, 3.05) is 20.7 Å². The van der Waals surface area contributed by atoms with Crippen LogP contribution in [0.1, 0.15) is 78.5 Å². The fourth-order valence-corrected chi connectivity index (χ4v) is 5.10. The molecule has 0 fully saturated rings. The van der Waals surface area contributed by atoms with E-state index in [4.69, 9.17) is 4.74 Å². The minimum Gasteiger partial charge on any atom is -0.361 e. The van der Waals surface area contributed by atoms with Crippen molar-refractivity contribution in [2.45, 2.75) is 86.5 Å². The number of ketones is 1. The Morgan fingerprint density at radius 2 is 1.67 bits per heavy atom. The van der Waals surface area contributed by atoms with Gasteiger partial charge in [0.05, 0.1) is 6.04 Å². The maximum atomic E-state index is 14.1. The lowest BCUT2D eigenvalue weighted by Crippen LogP contribution is -2.60. The quantitative estimate of drug-likeness (QED) is 0.311. The van der Waals surface area contributed by atoms with Crippen molar-refractivity contribution in [3.63, 3.8) is 0 Å². The Labute approximate surface area is 252 Å². The summed E-state index contributed by atoms with van der Waals surface area (Å²) in [6, 6.07) is 8.47. The standard InChI is InChI=1S/C33H51N5O4/c1-12-42-21-38-19-18-35-29(38)26(39)23(4)20-25(22(2)3)37(11)31(41)28(32(5,6)7)36-30(40)27(34-10)33(8,9)24-16-14-13-15-17-24/h13-20,22-23,27-28,34H,12,21H2,1-11H3,(H,36,40)/t23?,27-,28-/m1/s1. The molecule has 0 saturated carbocycles. The van der Waals surface area contributed by atoms with Gasteiger partial charge in [0, 0.05) is 43.1 Å². The van der Waals surface area contributed by atoms with Gasteiger partial charge in [-0.05, 0) is 30.9 Å². The van der Waals surface area contributed by atoms with Crippen LogP contribution in [-0.4, -0.2) is 64.8 Å². The molecule has 0 bridgehead atoms. The largest absolute Gasteiger partial charge is 0.361 e. The van der Waals surface area contributed by atoms with Gasteiger partial charge >= 0.3 is 0 Å². The second-order valence-electron chi connectivity index (χ2n) is 12.8. The zero-order valence-corrected chi connectivity index (χ0v) is 27.3. The van der Waals surface area contributed by atoms with Gasteiger partial charge < -0.3 is 24.8 Å². The first-order valence-electron chi connectivity index (χ1n) is 14.7. The molecule has 9 heteroatoms. The summed E-state index contributed by atoms with van der Waals surface area (Å²) in [5, 5.41) is 6.24. The van der Waals surface area contributed by atoms with E-state index in [0.29, 0.717) is 18.1 Å². The number of hydrogen-bond donors (Lipinski definition) is 2. The second kappa shape index (κ2) is 14.7. The van der Waals surface area contributed by atoms with E-state index in [1.807, 2.05) is 91.8 Å². The molecule has 42 heavy (non-hydrogen) atoms. The molecule has 0 saturated heterocycles. The van der Waals surface area contributed by atoms with Crippen molar-refractivity contribution in [1.29, 1.82) is 0 Å². The van der Waals surface area contributed by atoms with Crippen LogP contribution >= 0.6 is 0 Å². The summed E-state index contributed by atoms with van der Waals surface area (Å²) in [5.41, 5.74) is 0.594. The number of nitrogens with one attached hydrogen (secondary N) is 2. The molecule has 0 spiro atoms. The number of Topliss-reactive ketones (excluding diaryl/α,β-unsaturated/α-hetero) is 1. The highest BCUT2D eigenvalue weighted by Gasteiger charge is 2.41. The fraction of sp³-hybridized carbons (Fsp3) is 0.576. The van der Waals surface area contributed by atoms with Crippen LogP contribution in [0.3, 0.4) is 0 Å². The summed E-state index contributed by atoms with van der Waals surface area (Å²) in [4.78, 5) is 47.0. The van der Waals surface area contributed by atoms with Crippen LogP contribution in [0.25, 0.3) is 0 Å². The molecule has 3 atom stereocenters. The number of carbonyl (C=O) groups is 3. The van der Waals surface area contributed by atoms with E-state index in [2.05, 4.69) is 15.6 Å². The number of hydrogen-bond acceptors (Lipinski definition) is 6. The first-order chi connectivity index (χ1) is 19.6. The molecular formula is C33H51N5O4. The van der Waals surface area contributed by atoms with Gasteiger partial charge in [-0.2, -0.15) is 0 Å². The van der Waals surface area contributed by atoms with Gasteiger partial charge in [0.1, 0.15) is 12.8 Å². The molecule has 1 unspecified atom stereocenters. The molecule has 1 aromatic heterocycles. The van der Waals surface area contributed by atoms with Crippen LogP contribution in [-0.2, 0) is 26.5 Å². The number of rotatable bonds is 14. The summed E-state index contributed by atoms with van der Waals surface area (Å²) in [6.07, 6.45) is 5.11. The van der Waals surface area contributed by atoms with Crippen LogP contribution in [0.2, 0.25) is 0 Å². The summed E-state index contributed by atoms with van der Waals surface area (Å²) in [5.74, 6) is -0.963. The van der Waals surface area contributed by atoms with Gasteiger partial charge in [-0.3, -0.25) is 14.4 Å². The van der Waals surface area contributed by atoms with Crippen LogP contribution in [0.4, 0.5) is 0 Å². The van der Waals surface area contributed by atoms with Crippen molar-refractivity contribution in [3.8, 4) is 0 Å². The predicted octanol–water partition coefficient (Wildman–Crippen LogP) is 4.79. The Morgan fingerprint density at radius 1 is 1.05 bits per heavy atom. The van der Waals surface area contributed by atoms with Gasteiger partial charge in [0.2, 0.25) is 17.6 Å². The van der Waals surface area contributed by atoms with E-state index in [1.54, 1.807) is 42.9 Å². The minimum atomic E-state index is -0.810. The number of ether oxygens (including phenoxy) is 1. The molecule has 0 aliphatic heterocycles. The van der Waals surface area contributed by atoms with Crippen molar-refractivity contribution in [1.82, 2.24) is 25.1 Å². The van der Waals surface area contributed by atoms with Crippen LogP contribution in [0.5, 0.6) is 0 Å². The lowest BCUT2D eigenvalue weighted by atomic mass is 9.76. The highest BCUT2D eigenvalue weighted by Crippen LogP contribution is 2.29. The number of likely N-dealkylation sites (N-methyl/N-ethyl adjacent to an activating group) is 2. The van der Waals surface area contributed by atoms with Gasteiger partial charge in [-0.15, -0.1) is 0 Å². The maximum Gasteiger partial charge on any atom is 0.249 e. The van der Waals surface area contributed by atoms with Crippen LogP contribution in [0, 0.1) is 17.3 Å². The number of imidazole rings is 1. The summed E-state index contributed by atoms with van der Waals surface area (Å²) >= 11 is 0. The minimum absolute atomic E-state index is 0.0595. The van der Waals surface area contributed by atoms with Gasteiger partial charge in [-0.25, -0.2) is 4.98 Å². The van der Waals surface area contributed by atoms with E-state index in [9.17, 15) is 14.4 Å². The van der Waals surface area contributed by atoms with Crippen molar-refractivity contribution in [2.24, 2.45) is 17.3 Å². The Hall–Kier alpha value is -3.30. The second-order valence-corrected chi connectivity index (χ2v) is 12.8. The van der Waals surface area contributed by atoms with E-state index in [1.165, 1.54) is 0 Å². The predicted molar refractivity (Wildman–Crippen MR) is 167 cm³/mol. The van der Waals surface area contributed by atoms with Gasteiger partial charge in [0.15, 0.2) is 5.82 Å². The molecule has 2 amide bonds.